The summed E-state index contributed by atoms with van der Waals surface area (Å²) in [6.07, 6.45) is 5.87. The standard InChI is InChI=1S/C11H18N4O/c1-2-9(1)5-12-6-10-7-15(14-13-10)11-3-4-16-8-11/h7,9,11-12H,1-6,8H2. The topological polar surface area (TPSA) is 52.0 Å². The van der Waals surface area contributed by atoms with Gasteiger partial charge in [-0.2, -0.15) is 0 Å². The summed E-state index contributed by atoms with van der Waals surface area (Å²) in [5, 5.41) is 11.8. The Hall–Kier alpha value is -0.940. The van der Waals surface area contributed by atoms with Crippen molar-refractivity contribution >= 4 is 0 Å². The van der Waals surface area contributed by atoms with Crippen LogP contribution < -0.4 is 5.32 Å². The largest absolute Gasteiger partial charge is 0.379 e. The van der Waals surface area contributed by atoms with Gasteiger partial charge in [-0.1, -0.05) is 5.21 Å². The highest BCUT2D eigenvalue weighted by atomic mass is 16.5. The van der Waals surface area contributed by atoms with E-state index in [1.54, 1.807) is 0 Å². The third kappa shape index (κ3) is 2.41. The zero-order valence-corrected chi connectivity index (χ0v) is 9.43. The van der Waals surface area contributed by atoms with Crippen LogP contribution in [0.3, 0.4) is 0 Å². The van der Waals surface area contributed by atoms with Crippen molar-refractivity contribution in [2.45, 2.75) is 31.8 Å². The van der Waals surface area contributed by atoms with E-state index in [0.717, 1.165) is 44.3 Å². The predicted molar refractivity (Wildman–Crippen MR) is 58.9 cm³/mol. The fraction of sp³-hybridized carbons (Fsp3) is 0.818. The fourth-order valence-electron chi connectivity index (χ4n) is 2.03. The van der Waals surface area contributed by atoms with Gasteiger partial charge in [-0.05, 0) is 31.7 Å². The molecular formula is C11H18N4O. The van der Waals surface area contributed by atoms with E-state index in [4.69, 9.17) is 4.74 Å². The van der Waals surface area contributed by atoms with E-state index in [2.05, 4.69) is 15.6 Å². The highest BCUT2D eigenvalue weighted by Gasteiger charge is 2.21. The second-order valence-corrected chi connectivity index (χ2v) is 4.78. The van der Waals surface area contributed by atoms with Gasteiger partial charge >= 0.3 is 0 Å². The van der Waals surface area contributed by atoms with Gasteiger partial charge in [0.15, 0.2) is 0 Å². The molecule has 2 fully saturated rings. The summed E-state index contributed by atoms with van der Waals surface area (Å²) in [7, 11) is 0. The Morgan fingerprint density at radius 2 is 2.38 bits per heavy atom. The Balaban J connectivity index is 1.50. The first-order valence-corrected chi connectivity index (χ1v) is 6.11. The monoisotopic (exact) mass is 222 g/mol. The Labute approximate surface area is 95.2 Å². The molecule has 1 atom stereocenters. The Bertz CT molecular complexity index is 342. The molecule has 0 amide bonds. The van der Waals surface area contributed by atoms with Crippen LogP contribution in [0.4, 0.5) is 0 Å². The number of nitrogens with zero attached hydrogens (tertiary/aromatic N) is 3. The molecule has 88 valence electrons. The summed E-state index contributed by atoms with van der Waals surface area (Å²) >= 11 is 0. The molecule has 1 N–H and O–H groups in total. The molecule has 1 unspecified atom stereocenters. The van der Waals surface area contributed by atoms with Gasteiger partial charge < -0.3 is 10.1 Å². The minimum absolute atomic E-state index is 0.393. The second kappa shape index (κ2) is 4.51. The highest BCUT2D eigenvalue weighted by molar-refractivity contribution is 4.94. The van der Waals surface area contributed by atoms with Gasteiger partial charge in [0.25, 0.3) is 0 Å². The minimum Gasteiger partial charge on any atom is -0.379 e. The summed E-state index contributed by atoms with van der Waals surface area (Å²) in [5.41, 5.74) is 1.03. The molecule has 2 heterocycles. The minimum atomic E-state index is 0.393. The van der Waals surface area contributed by atoms with Crippen molar-refractivity contribution in [3.8, 4) is 0 Å². The average molecular weight is 222 g/mol. The van der Waals surface area contributed by atoms with Gasteiger partial charge in [0.1, 0.15) is 0 Å². The van der Waals surface area contributed by atoms with Crippen LogP contribution in [0.2, 0.25) is 0 Å². The van der Waals surface area contributed by atoms with E-state index in [0.29, 0.717) is 6.04 Å². The zero-order valence-electron chi connectivity index (χ0n) is 9.43. The van der Waals surface area contributed by atoms with Crippen LogP contribution in [-0.4, -0.2) is 34.8 Å². The van der Waals surface area contributed by atoms with Gasteiger partial charge in [0.05, 0.1) is 24.5 Å². The molecule has 0 bridgehead atoms. The van der Waals surface area contributed by atoms with Crippen molar-refractivity contribution in [1.29, 1.82) is 0 Å². The number of aromatic nitrogens is 3. The van der Waals surface area contributed by atoms with Crippen molar-refractivity contribution in [3.63, 3.8) is 0 Å². The lowest BCUT2D eigenvalue weighted by atomic mass is 10.3. The summed E-state index contributed by atoms with van der Waals surface area (Å²) in [6, 6.07) is 0.393. The molecule has 1 aromatic heterocycles. The van der Waals surface area contributed by atoms with Crippen LogP contribution in [-0.2, 0) is 11.3 Å². The molecule has 5 heteroatoms. The third-order valence-electron chi connectivity index (χ3n) is 3.27. The second-order valence-electron chi connectivity index (χ2n) is 4.78. The number of ether oxygens (including phenoxy) is 1. The van der Waals surface area contributed by atoms with Crippen molar-refractivity contribution < 1.29 is 4.74 Å². The first-order chi connectivity index (χ1) is 7.92. The Morgan fingerprint density at radius 1 is 1.44 bits per heavy atom. The van der Waals surface area contributed by atoms with Gasteiger partial charge in [-0.25, -0.2) is 4.68 Å². The van der Waals surface area contributed by atoms with Gasteiger partial charge in [0.2, 0.25) is 0 Å². The van der Waals surface area contributed by atoms with Crippen molar-refractivity contribution in [1.82, 2.24) is 20.3 Å². The average Bonchev–Trinajstić information content (AvgIpc) is 2.83. The summed E-state index contributed by atoms with van der Waals surface area (Å²) < 4.78 is 7.28. The molecule has 1 saturated heterocycles. The predicted octanol–water partition coefficient (Wildman–Crippen LogP) is 0.739. The number of hydrogen-bond acceptors (Lipinski definition) is 4. The Morgan fingerprint density at radius 3 is 3.12 bits per heavy atom. The quantitative estimate of drug-likeness (QED) is 0.798. The van der Waals surface area contributed by atoms with E-state index >= 15 is 0 Å². The maximum atomic E-state index is 5.34. The van der Waals surface area contributed by atoms with E-state index in [-0.39, 0.29) is 0 Å². The van der Waals surface area contributed by atoms with Crippen molar-refractivity contribution in [3.05, 3.63) is 11.9 Å². The van der Waals surface area contributed by atoms with E-state index < -0.39 is 0 Å². The molecule has 1 saturated carbocycles. The molecule has 1 aromatic rings. The first kappa shape index (κ1) is 10.2. The van der Waals surface area contributed by atoms with Crippen LogP contribution in [0, 0.1) is 5.92 Å². The number of nitrogens with one attached hydrogen (secondary N) is 1. The van der Waals surface area contributed by atoms with E-state index in [1.807, 2.05) is 10.9 Å². The lowest BCUT2D eigenvalue weighted by molar-refractivity contribution is 0.184. The van der Waals surface area contributed by atoms with Gasteiger partial charge in [-0.15, -0.1) is 5.10 Å². The maximum absolute atomic E-state index is 5.34. The highest BCUT2D eigenvalue weighted by Crippen LogP contribution is 2.27. The molecule has 5 nitrogen and oxygen atoms in total. The van der Waals surface area contributed by atoms with Crippen LogP contribution in [0.5, 0.6) is 0 Å². The third-order valence-corrected chi connectivity index (χ3v) is 3.27. The number of hydrogen-bond donors (Lipinski definition) is 1. The maximum Gasteiger partial charge on any atom is 0.0964 e. The lowest BCUT2D eigenvalue weighted by Crippen LogP contribution is -2.16. The lowest BCUT2D eigenvalue weighted by Gasteiger charge is -2.05. The smallest absolute Gasteiger partial charge is 0.0964 e. The van der Waals surface area contributed by atoms with E-state index in [9.17, 15) is 0 Å². The summed E-state index contributed by atoms with van der Waals surface area (Å²) in [4.78, 5) is 0. The van der Waals surface area contributed by atoms with Crippen LogP contribution in [0.1, 0.15) is 31.0 Å². The zero-order chi connectivity index (χ0) is 10.8. The van der Waals surface area contributed by atoms with Crippen LogP contribution in [0.25, 0.3) is 0 Å². The fourth-order valence-corrected chi connectivity index (χ4v) is 2.03. The molecule has 0 radical (unpaired) electrons. The van der Waals surface area contributed by atoms with Gasteiger partial charge in [-0.3, -0.25) is 0 Å². The molecular weight excluding hydrogens is 204 g/mol. The molecule has 1 aliphatic heterocycles. The summed E-state index contributed by atoms with van der Waals surface area (Å²) in [6.45, 7) is 3.58. The Kier molecular flexibility index (Phi) is 2.88. The molecule has 1 aliphatic carbocycles. The molecule has 0 aromatic carbocycles. The normalized spacial score (nSPS) is 25.1. The van der Waals surface area contributed by atoms with Crippen molar-refractivity contribution in [2.24, 2.45) is 5.92 Å². The summed E-state index contributed by atoms with van der Waals surface area (Å²) in [5.74, 6) is 0.915. The molecule has 2 aliphatic rings. The van der Waals surface area contributed by atoms with Crippen LogP contribution in [0.15, 0.2) is 6.20 Å². The van der Waals surface area contributed by atoms with Crippen LogP contribution >= 0.6 is 0 Å². The number of rotatable bonds is 5. The van der Waals surface area contributed by atoms with Crippen molar-refractivity contribution in [2.75, 3.05) is 19.8 Å². The SMILES string of the molecule is c1c(CNCC2CC2)nnn1C1CCOC1. The molecule has 0 spiro atoms. The molecule has 16 heavy (non-hydrogen) atoms. The van der Waals surface area contributed by atoms with Gasteiger partial charge in [0, 0.05) is 13.2 Å². The first-order valence-electron chi connectivity index (χ1n) is 6.11. The molecule has 3 rings (SSSR count). The van der Waals surface area contributed by atoms with E-state index in [1.165, 1.54) is 12.8 Å².